The smallest absolute Gasteiger partial charge is 0.293 e. The Bertz CT molecular complexity index is 627. The molecule has 2 fully saturated rings. The zero-order valence-electron chi connectivity index (χ0n) is 13.8. The van der Waals surface area contributed by atoms with Crippen molar-refractivity contribution in [2.24, 2.45) is 0 Å². The summed E-state index contributed by atoms with van der Waals surface area (Å²) < 4.78 is 6.23. The molecule has 1 heterocycles. The molecule has 1 aromatic rings. The van der Waals surface area contributed by atoms with E-state index in [4.69, 9.17) is 10.00 Å². The number of anilines is 1. The topological polar surface area (TPSA) is 79.4 Å². The van der Waals surface area contributed by atoms with Crippen molar-refractivity contribution in [3.05, 3.63) is 33.9 Å². The van der Waals surface area contributed by atoms with Gasteiger partial charge < -0.3 is 9.64 Å². The van der Waals surface area contributed by atoms with Crippen molar-refractivity contribution in [2.45, 2.75) is 57.2 Å². The van der Waals surface area contributed by atoms with Crippen LogP contribution in [0.3, 0.4) is 0 Å². The molecule has 128 valence electrons. The van der Waals surface area contributed by atoms with Gasteiger partial charge in [0.05, 0.1) is 28.8 Å². The van der Waals surface area contributed by atoms with Gasteiger partial charge in [0, 0.05) is 19.2 Å². The quantitative estimate of drug-likeness (QED) is 0.620. The molecule has 6 nitrogen and oxygen atoms in total. The van der Waals surface area contributed by atoms with E-state index in [-0.39, 0.29) is 11.8 Å². The largest absolute Gasteiger partial charge is 0.375 e. The summed E-state index contributed by atoms with van der Waals surface area (Å²) in [6, 6.07) is 6.66. The standard InChI is InChI=1S/C18H23N3O3/c19-13-14-6-7-17(18(12-14)21(22)23)20-10-8-16(9-11-20)24-15-4-2-1-3-5-15/h6-7,12,15-16H,1-5,8-11H2. The molecule has 0 spiro atoms. The van der Waals surface area contributed by atoms with Crippen LogP contribution in [0.15, 0.2) is 18.2 Å². The molecular weight excluding hydrogens is 306 g/mol. The van der Waals surface area contributed by atoms with Gasteiger partial charge in [-0.15, -0.1) is 0 Å². The minimum atomic E-state index is -0.402. The molecule has 0 atom stereocenters. The van der Waals surface area contributed by atoms with Gasteiger partial charge in [0.25, 0.3) is 5.69 Å². The van der Waals surface area contributed by atoms with E-state index in [2.05, 4.69) is 0 Å². The minimum Gasteiger partial charge on any atom is -0.375 e. The second kappa shape index (κ2) is 7.63. The number of ether oxygens (including phenoxy) is 1. The van der Waals surface area contributed by atoms with Gasteiger partial charge in [-0.1, -0.05) is 19.3 Å². The predicted octanol–water partition coefficient (Wildman–Crippen LogP) is 3.78. The molecule has 3 rings (SSSR count). The Hall–Kier alpha value is -2.13. The Kier molecular flexibility index (Phi) is 5.31. The first-order valence-corrected chi connectivity index (χ1v) is 8.76. The van der Waals surface area contributed by atoms with Gasteiger partial charge in [-0.3, -0.25) is 10.1 Å². The van der Waals surface area contributed by atoms with Crippen molar-refractivity contribution in [1.29, 1.82) is 5.26 Å². The maximum Gasteiger partial charge on any atom is 0.293 e. The van der Waals surface area contributed by atoms with Gasteiger partial charge in [-0.25, -0.2) is 0 Å². The van der Waals surface area contributed by atoms with Crippen molar-refractivity contribution in [1.82, 2.24) is 0 Å². The number of nitro benzene ring substituents is 1. The SMILES string of the molecule is N#Cc1ccc(N2CCC(OC3CCCCC3)CC2)c([N+](=O)[O-])c1. The molecule has 1 saturated heterocycles. The molecule has 0 N–H and O–H groups in total. The van der Waals surface area contributed by atoms with Crippen molar-refractivity contribution in [3.8, 4) is 6.07 Å². The van der Waals surface area contributed by atoms with Crippen LogP contribution in [0.25, 0.3) is 0 Å². The second-order valence-corrected chi connectivity index (χ2v) is 6.65. The van der Waals surface area contributed by atoms with Gasteiger partial charge in [0.15, 0.2) is 0 Å². The first kappa shape index (κ1) is 16.7. The third-order valence-electron chi connectivity index (χ3n) is 5.02. The number of nitriles is 1. The molecular formula is C18H23N3O3. The van der Waals surface area contributed by atoms with Crippen LogP contribution in [0.4, 0.5) is 11.4 Å². The van der Waals surface area contributed by atoms with Crippen LogP contribution in [0.5, 0.6) is 0 Å². The van der Waals surface area contributed by atoms with Gasteiger partial charge in [0.2, 0.25) is 0 Å². The highest BCUT2D eigenvalue weighted by Crippen LogP contribution is 2.32. The van der Waals surface area contributed by atoms with Crippen molar-refractivity contribution in [2.75, 3.05) is 18.0 Å². The molecule has 1 saturated carbocycles. The number of hydrogen-bond donors (Lipinski definition) is 0. The van der Waals surface area contributed by atoms with Crippen LogP contribution in [0.2, 0.25) is 0 Å². The number of nitro groups is 1. The Morgan fingerprint density at radius 1 is 1.12 bits per heavy atom. The fraction of sp³-hybridized carbons (Fsp3) is 0.611. The zero-order valence-corrected chi connectivity index (χ0v) is 13.8. The average Bonchev–Trinajstić information content (AvgIpc) is 2.63. The van der Waals surface area contributed by atoms with Gasteiger partial charge in [-0.2, -0.15) is 5.26 Å². The van der Waals surface area contributed by atoms with E-state index < -0.39 is 4.92 Å². The molecule has 2 aliphatic rings. The molecule has 1 aromatic carbocycles. The van der Waals surface area contributed by atoms with Gasteiger partial charge >= 0.3 is 0 Å². The lowest BCUT2D eigenvalue weighted by Gasteiger charge is -2.35. The van der Waals surface area contributed by atoms with Crippen LogP contribution < -0.4 is 4.90 Å². The lowest BCUT2D eigenvalue weighted by atomic mass is 9.97. The van der Waals surface area contributed by atoms with Crippen LogP contribution >= 0.6 is 0 Å². The summed E-state index contributed by atoms with van der Waals surface area (Å²) in [5, 5.41) is 20.2. The highest BCUT2D eigenvalue weighted by molar-refractivity contribution is 5.65. The highest BCUT2D eigenvalue weighted by atomic mass is 16.6. The Morgan fingerprint density at radius 2 is 1.79 bits per heavy atom. The molecule has 0 unspecified atom stereocenters. The number of piperidine rings is 1. The Labute approximate surface area is 142 Å². The van der Waals surface area contributed by atoms with E-state index in [1.54, 1.807) is 12.1 Å². The first-order chi connectivity index (χ1) is 11.7. The first-order valence-electron chi connectivity index (χ1n) is 8.76. The van der Waals surface area contributed by atoms with Crippen molar-refractivity contribution < 1.29 is 9.66 Å². The van der Waals surface area contributed by atoms with Crippen molar-refractivity contribution in [3.63, 3.8) is 0 Å². The molecule has 1 aliphatic heterocycles. The van der Waals surface area contributed by atoms with E-state index in [0.29, 0.717) is 17.4 Å². The summed E-state index contributed by atoms with van der Waals surface area (Å²) in [5.74, 6) is 0. The predicted molar refractivity (Wildman–Crippen MR) is 91.0 cm³/mol. The number of benzene rings is 1. The summed E-state index contributed by atoms with van der Waals surface area (Å²) in [6.07, 6.45) is 8.65. The van der Waals surface area contributed by atoms with E-state index >= 15 is 0 Å². The lowest BCUT2D eigenvalue weighted by molar-refractivity contribution is -0.384. The van der Waals surface area contributed by atoms with E-state index in [0.717, 1.165) is 25.9 Å². The summed E-state index contributed by atoms with van der Waals surface area (Å²) >= 11 is 0. The molecule has 6 heteroatoms. The zero-order chi connectivity index (χ0) is 16.9. The maximum absolute atomic E-state index is 11.3. The van der Waals surface area contributed by atoms with Crippen molar-refractivity contribution >= 4 is 11.4 Å². The Balaban J connectivity index is 1.62. The summed E-state index contributed by atoms with van der Waals surface area (Å²) in [6.45, 7) is 1.51. The molecule has 0 bridgehead atoms. The fourth-order valence-electron chi connectivity index (χ4n) is 3.71. The van der Waals surface area contributed by atoms with Gasteiger partial charge in [-0.05, 0) is 37.8 Å². The van der Waals surface area contributed by atoms with E-state index in [9.17, 15) is 10.1 Å². The molecule has 0 aromatic heterocycles. The summed E-state index contributed by atoms with van der Waals surface area (Å²) in [7, 11) is 0. The molecule has 1 aliphatic carbocycles. The minimum absolute atomic E-state index is 0.0145. The lowest BCUT2D eigenvalue weighted by Crippen LogP contribution is -2.39. The van der Waals surface area contributed by atoms with E-state index in [1.807, 2.05) is 11.0 Å². The van der Waals surface area contributed by atoms with Gasteiger partial charge in [0.1, 0.15) is 5.69 Å². The molecule has 0 radical (unpaired) electrons. The van der Waals surface area contributed by atoms with E-state index in [1.165, 1.54) is 38.2 Å². The second-order valence-electron chi connectivity index (χ2n) is 6.65. The van der Waals surface area contributed by atoms with Crippen LogP contribution in [0, 0.1) is 21.4 Å². The number of hydrogen-bond acceptors (Lipinski definition) is 5. The van der Waals surface area contributed by atoms with Crippen LogP contribution in [-0.2, 0) is 4.74 Å². The molecule has 0 amide bonds. The normalized spacial score (nSPS) is 19.9. The monoisotopic (exact) mass is 329 g/mol. The highest BCUT2D eigenvalue weighted by Gasteiger charge is 2.27. The summed E-state index contributed by atoms with van der Waals surface area (Å²) in [4.78, 5) is 12.9. The third-order valence-corrected chi connectivity index (χ3v) is 5.02. The summed E-state index contributed by atoms with van der Waals surface area (Å²) in [5.41, 5.74) is 0.941. The van der Waals surface area contributed by atoms with Crippen LogP contribution in [0.1, 0.15) is 50.5 Å². The average molecular weight is 329 g/mol. The third kappa shape index (κ3) is 3.85. The number of nitrogens with zero attached hydrogens (tertiary/aromatic N) is 3. The fourth-order valence-corrected chi connectivity index (χ4v) is 3.71. The Morgan fingerprint density at radius 3 is 2.42 bits per heavy atom. The van der Waals surface area contributed by atoms with Crippen LogP contribution in [-0.4, -0.2) is 30.2 Å². The molecule has 24 heavy (non-hydrogen) atoms. The number of rotatable bonds is 4. The maximum atomic E-state index is 11.3.